The average Bonchev–Trinajstić information content (AvgIpc) is 2.80. The zero-order valence-corrected chi connectivity index (χ0v) is 11.7. The van der Waals surface area contributed by atoms with Gasteiger partial charge >= 0.3 is 5.69 Å². The number of rotatable bonds is 6. The SMILES string of the molecule is Cc1nc(CCNCc2ccc([N+](=O)[O-])c(F)c2)cs1. The molecule has 0 radical (unpaired) electrons. The van der Waals surface area contributed by atoms with Crippen molar-refractivity contribution in [3.05, 3.63) is 55.8 Å². The second kappa shape index (κ2) is 6.53. The van der Waals surface area contributed by atoms with Crippen LogP contribution in [0.4, 0.5) is 10.1 Å². The standard InChI is InChI=1S/C13H14FN3O2S/c1-9-16-11(8-20-9)4-5-15-7-10-2-3-13(17(18)19)12(14)6-10/h2-3,6,8,15H,4-5,7H2,1H3. The summed E-state index contributed by atoms with van der Waals surface area (Å²) < 4.78 is 13.4. The smallest absolute Gasteiger partial charge is 0.304 e. The highest BCUT2D eigenvalue weighted by Gasteiger charge is 2.13. The number of nitrogens with one attached hydrogen (secondary N) is 1. The van der Waals surface area contributed by atoms with Crippen LogP contribution in [0.5, 0.6) is 0 Å². The fraction of sp³-hybridized carbons (Fsp3) is 0.308. The van der Waals surface area contributed by atoms with Gasteiger partial charge in [0.15, 0.2) is 0 Å². The van der Waals surface area contributed by atoms with Gasteiger partial charge in [0, 0.05) is 31.0 Å². The Balaban J connectivity index is 1.82. The van der Waals surface area contributed by atoms with Crippen molar-refractivity contribution in [3.63, 3.8) is 0 Å². The van der Waals surface area contributed by atoms with Gasteiger partial charge in [0.1, 0.15) is 0 Å². The molecule has 0 unspecified atom stereocenters. The molecule has 0 aliphatic heterocycles. The maximum Gasteiger partial charge on any atom is 0.304 e. The predicted molar refractivity (Wildman–Crippen MR) is 75.3 cm³/mol. The van der Waals surface area contributed by atoms with Crippen LogP contribution in [0.2, 0.25) is 0 Å². The molecule has 0 saturated carbocycles. The minimum absolute atomic E-state index is 0.470. The first-order valence-electron chi connectivity index (χ1n) is 6.11. The maximum absolute atomic E-state index is 13.4. The molecule has 0 bridgehead atoms. The lowest BCUT2D eigenvalue weighted by atomic mass is 10.2. The zero-order valence-electron chi connectivity index (χ0n) is 10.9. The van der Waals surface area contributed by atoms with Crippen LogP contribution in [0.25, 0.3) is 0 Å². The maximum atomic E-state index is 13.4. The summed E-state index contributed by atoms with van der Waals surface area (Å²) >= 11 is 1.61. The summed E-state index contributed by atoms with van der Waals surface area (Å²) in [5, 5.41) is 16.7. The molecular weight excluding hydrogens is 281 g/mol. The van der Waals surface area contributed by atoms with E-state index >= 15 is 0 Å². The molecule has 0 amide bonds. The highest BCUT2D eigenvalue weighted by molar-refractivity contribution is 7.09. The molecule has 1 N–H and O–H groups in total. The van der Waals surface area contributed by atoms with Crippen LogP contribution in [0.1, 0.15) is 16.3 Å². The zero-order chi connectivity index (χ0) is 14.5. The van der Waals surface area contributed by atoms with Crippen molar-refractivity contribution in [2.45, 2.75) is 19.9 Å². The summed E-state index contributed by atoms with van der Waals surface area (Å²) in [5.41, 5.74) is 1.23. The van der Waals surface area contributed by atoms with Crippen LogP contribution in [0, 0.1) is 22.9 Å². The molecule has 0 saturated heterocycles. The third kappa shape index (κ3) is 3.82. The number of nitro groups is 1. The van der Waals surface area contributed by atoms with E-state index in [2.05, 4.69) is 10.3 Å². The lowest BCUT2D eigenvalue weighted by Gasteiger charge is -2.04. The number of nitro benzene ring substituents is 1. The molecule has 0 aliphatic rings. The Labute approximate surface area is 119 Å². The van der Waals surface area contributed by atoms with Gasteiger partial charge < -0.3 is 5.32 Å². The highest BCUT2D eigenvalue weighted by atomic mass is 32.1. The number of hydrogen-bond acceptors (Lipinski definition) is 5. The molecule has 106 valence electrons. The Morgan fingerprint density at radius 3 is 2.90 bits per heavy atom. The fourth-order valence-electron chi connectivity index (χ4n) is 1.78. The number of halogens is 1. The molecule has 2 rings (SSSR count). The summed E-state index contributed by atoms with van der Waals surface area (Å²) in [6.45, 7) is 3.15. The molecule has 5 nitrogen and oxygen atoms in total. The van der Waals surface area contributed by atoms with Gasteiger partial charge in [-0.3, -0.25) is 10.1 Å². The van der Waals surface area contributed by atoms with E-state index < -0.39 is 16.4 Å². The van der Waals surface area contributed by atoms with Crippen LogP contribution >= 0.6 is 11.3 Å². The van der Waals surface area contributed by atoms with Crippen molar-refractivity contribution in [3.8, 4) is 0 Å². The summed E-state index contributed by atoms with van der Waals surface area (Å²) in [6.07, 6.45) is 0.805. The van der Waals surface area contributed by atoms with E-state index in [1.165, 1.54) is 12.1 Å². The van der Waals surface area contributed by atoms with Crippen molar-refractivity contribution in [1.29, 1.82) is 0 Å². The van der Waals surface area contributed by atoms with Crippen LogP contribution in [0.15, 0.2) is 23.6 Å². The van der Waals surface area contributed by atoms with Crippen LogP contribution in [0.3, 0.4) is 0 Å². The van der Waals surface area contributed by atoms with E-state index in [4.69, 9.17) is 0 Å². The summed E-state index contributed by atoms with van der Waals surface area (Å²) in [5.74, 6) is -0.801. The van der Waals surface area contributed by atoms with E-state index in [9.17, 15) is 14.5 Å². The minimum Gasteiger partial charge on any atom is -0.312 e. The van der Waals surface area contributed by atoms with E-state index in [0.717, 1.165) is 23.7 Å². The number of aryl methyl sites for hydroxylation is 1. The van der Waals surface area contributed by atoms with Crippen molar-refractivity contribution in [1.82, 2.24) is 10.3 Å². The summed E-state index contributed by atoms with van der Waals surface area (Å²) in [4.78, 5) is 14.1. The van der Waals surface area contributed by atoms with Crippen molar-refractivity contribution in [2.75, 3.05) is 6.54 Å². The van der Waals surface area contributed by atoms with Gasteiger partial charge in [-0.25, -0.2) is 4.98 Å². The monoisotopic (exact) mass is 295 g/mol. The van der Waals surface area contributed by atoms with Gasteiger partial charge in [-0.1, -0.05) is 6.07 Å². The quantitative estimate of drug-likeness (QED) is 0.505. The predicted octanol–water partition coefficient (Wildman–Crippen LogP) is 2.83. The van der Waals surface area contributed by atoms with E-state index in [0.29, 0.717) is 12.1 Å². The molecule has 0 atom stereocenters. The molecule has 0 aliphatic carbocycles. The van der Waals surface area contributed by atoms with Crippen molar-refractivity contribution < 1.29 is 9.31 Å². The van der Waals surface area contributed by atoms with Gasteiger partial charge in [0.2, 0.25) is 5.82 Å². The Bertz CT molecular complexity index is 615. The van der Waals surface area contributed by atoms with Gasteiger partial charge in [0.05, 0.1) is 15.6 Å². The number of thiazole rings is 1. The molecule has 1 heterocycles. The Hall–Kier alpha value is -1.86. The first-order chi connectivity index (χ1) is 9.56. The Kier molecular flexibility index (Phi) is 4.75. The number of nitrogens with zero attached hydrogens (tertiary/aromatic N) is 2. The highest BCUT2D eigenvalue weighted by Crippen LogP contribution is 2.17. The van der Waals surface area contributed by atoms with Gasteiger partial charge in [-0.15, -0.1) is 11.3 Å². The molecule has 0 spiro atoms. The summed E-state index contributed by atoms with van der Waals surface area (Å²) in [7, 11) is 0. The molecule has 1 aromatic carbocycles. The molecule has 20 heavy (non-hydrogen) atoms. The third-order valence-corrected chi connectivity index (χ3v) is 3.58. The van der Waals surface area contributed by atoms with Crippen LogP contribution in [-0.4, -0.2) is 16.5 Å². The summed E-state index contributed by atoms with van der Waals surface area (Å²) in [6, 6.07) is 3.94. The van der Waals surface area contributed by atoms with Crippen molar-refractivity contribution >= 4 is 17.0 Å². The minimum atomic E-state index is -0.801. The molecule has 7 heteroatoms. The molecule has 1 aromatic heterocycles. The van der Waals surface area contributed by atoms with Crippen LogP contribution < -0.4 is 5.32 Å². The first-order valence-corrected chi connectivity index (χ1v) is 6.99. The normalized spacial score (nSPS) is 10.7. The fourth-order valence-corrected chi connectivity index (χ4v) is 2.43. The third-order valence-electron chi connectivity index (χ3n) is 2.76. The van der Waals surface area contributed by atoms with Gasteiger partial charge in [-0.05, 0) is 18.6 Å². The number of aromatic nitrogens is 1. The average molecular weight is 295 g/mol. The Morgan fingerprint density at radius 2 is 2.30 bits per heavy atom. The number of benzene rings is 1. The topological polar surface area (TPSA) is 68.1 Å². The Morgan fingerprint density at radius 1 is 1.50 bits per heavy atom. The number of hydrogen-bond donors (Lipinski definition) is 1. The van der Waals surface area contributed by atoms with Gasteiger partial charge in [-0.2, -0.15) is 4.39 Å². The second-order valence-electron chi connectivity index (χ2n) is 4.33. The van der Waals surface area contributed by atoms with Crippen molar-refractivity contribution in [2.24, 2.45) is 0 Å². The second-order valence-corrected chi connectivity index (χ2v) is 5.39. The lowest BCUT2D eigenvalue weighted by molar-refractivity contribution is -0.387. The lowest BCUT2D eigenvalue weighted by Crippen LogP contribution is -2.17. The molecular formula is C13H14FN3O2S. The largest absolute Gasteiger partial charge is 0.312 e. The van der Waals surface area contributed by atoms with E-state index in [-0.39, 0.29) is 0 Å². The molecule has 2 aromatic rings. The first kappa shape index (κ1) is 14.5. The van der Waals surface area contributed by atoms with E-state index in [1.54, 1.807) is 17.4 Å². The molecule has 0 fully saturated rings. The van der Waals surface area contributed by atoms with Gasteiger partial charge in [0.25, 0.3) is 0 Å². The van der Waals surface area contributed by atoms with E-state index in [1.807, 2.05) is 12.3 Å². The van der Waals surface area contributed by atoms with Crippen LogP contribution in [-0.2, 0) is 13.0 Å².